The molecule has 0 spiro atoms. The number of aromatic nitrogens is 4. The van der Waals surface area contributed by atoms with Gasteiger partial charge in [0.25, 0.3) is 0 Å². The third-order valence-electron chi connectivity index (χ3n) is 5.94. The molecule has 1 aliphatic rings. The van der Waals surface area contributed by atoms with Crippen molar-refractivity contribution in [3.8, 4) is 0 Å². The van der Waals surface area contributed by atoms with Crippen molar-refractivity contribution < 1.29 is 4.39 Å². The largest absolute Gasteiger partial charge is 0.383 e. The van der Waals surface area contributed by atoms with E-state index in [1.807, 2.05) is 35.1 Å². The Morgan fingerprint density at radius 2 is 1.91 bits per heavy atom. The summed E-state index contributed by atoms with van der Waals surface area (Å²) in [6.07, 6.45) is 6.96. The van der Waals surface area contributed by atoms with E-state index in [9.17, 15) is 4.39 Å². The van der Waals surface area contributed by atoms with Crippen LogP contribution in [0.3, 0.4) is 0 Å². The van der Waals surface area contributed by atoms with E-state index in [2.05, 4.69) is 30.8 Å². The number of benzene rings is 2. The molecule has 9 heteroatoms. The summed E-state index contributed by atoms with van der Waals surface area (Å²) in [4.78, 5) is 8.60. The molecule has 0 atom stereocenters. The van der Waals surface area contributed by atoms with Crippen molar-refractivity contribution in [1.82, 2.24) is 30.2 Å². The first-order chi connectivity index (χ1) is 16.2. The lowest BCUT2D eigenvalue weighted by molar-refractivity contribution is 0.151. The van der Waals surface area contributed by atoms with Gasteiger partial charge in [0.15, 0.2) is 0 Å². The second-order valence-electron chi connectivity index (χ2n) is 8.30. The van der Waals surface area contributed by atoms with Gasteiger partial charge in [0, 0.05) is 30.7 Å². The predicted octanol–water partition coefficient (Wildman–Crippen LogP) is 3.83. The Balaban J connectivity index is 1.33. The highest BCUT2D eigenvalue weighted by molar-refractivity contribution is 5.83. The number of nitrogens with one attached hydrogen (secondary N) is 2. The van der Waals surface area contributed by atoms with Gasteiger partial charge in [0.2, 0.25) is 0 Å². The van der Waals surface area contributed by atoms with Gasteiger partial charge in [-0.15, -0.1) is 0 Å². The van der Waals surface area contributed by atoms with Crippen LogP contribution in [0.1, 0.15) is 30.4 Å². The van der Waals surface area contributed by atoms with Gasteiger partial charge in [-0.2, -0.15) is 5.10 Å². The van der Waals surface area contributed by atoms with Gasteiger partial charge in [-0.05, 0) is 48.7 Å². The minimum Gasteiger partial charge on any atom is -0.383 e. The molecule has 1 saturated heterocycles. The molecule has 170 valence electrons. The van der Waals surface area contributed by atoms with Gasteiger partial charge in [-0.3, -0.25) is 10.1 Å². The number of rotatable bonds is 7. The minimum absolute atomic E-state index is 0.245. The highest BCUT2D eigenvalue weighted by atomic mass is 19.1. The van der Waals surface area contributed by atoms with Gasteiger partial charge < -0.3 is 11.1 Å². The number of hydrazine groups is 1. The van der Waals surface area contributed by atoms with Gasteiger partial charge in [-0.1, -0.05) is 18.6 Å². The van der Waals surface area contributed by atoms with Crippen molar-refractivity contribution in [1.29, 1.82) is 0 Å². The number of anilines is 3. The lowest BCUT2D eigenvalue weighted by Crippen LogP contribution is -2.41. The number of fused-ring (bicyclic) bond motifs is 1. The Hall–Kier alpha value is -3.56. The van der Waals surface area contributed by atoms with Crippen molar-refractivity contribution in [2.45, 2.75) is 32.4 Å². The molecular formula is C24H27FN8. The van der Waals surface area contributed by atoms with Gasteiger partial charge in [-0.25, -0.2) is 19.4 Å². The zero-order valence-electron chi connectivity index (χ0n) is 18.3. The number of hydrogen-bond donors (Lipinski definition) is 3. The molecule has 4 N–H and O–H groups in total. The summed E-state index contributed by atoms with van der Waals surface area (Å²) in [7, 11) is 0. The average Bonchev–Trinajstić information content (AvgIpc) is 3.21. The SMILES string of the molecule is Nc1ncnc(Nc2ccc3c(cnn3Cc3cccc(F)c3)c2)c1CNN1CCCCC1. The number of hydrogen-bond acceptors (Lipinski definition) is 7. The van der Waals surface area contributed by atoms with Gasteiger partial charge in [0.1, 0.15) is 23.8 Å². The van der Waals surface area contributed by atoms with Crippen LogP contribution in [0.25, 0.3) is 10.9 Å². The molecule has 0 radical (unpaired) electrons. The van der Waals surface area contributed by atoms with Crippen molar-refractivity contribution in [2.24, 2.45) is 0 Å². The zero-order chi connectivity index (χ0) is 22.6. The Bertz CT molecular complexity index is 1250. The molecule has 0 unspecified atom stereocenters. The molecular weight excluding hydrogens is 419 g/mol. The molecule has 2 aromatic carbocycles. The zero-order valence-corrected chi connectivity index (χ0v) is 18.3. The molecule has 0 bridgehead atoms. The van der Waals surface area contributed by atoms with Crippen LogP contribution in [-0.2, 0) is 13.1 Å². The van der Waals surface area contributed by atoms with Crippen LogP contribution in [0.2, 0.25) is 0 Å². The van der Waals surface area contributed by atoms with Crippen LogP contribution in [0.4, 0.5) is 21.7 Å². The highest BCUT2D eigenvalue weighted by Gasteiger charge is 2.14. The normalized spacial score (nSPS) is 14.6. The van der Waals surface area contributed by atoms with Crippen molar-refractivity contribution >= 4 is 28.2 Å². The van der Waals surface area contributed by atoms with E-state index in [4.69, 9.17) is 5.73 Å². The fourth-order valence-electron chi connectivity index (χ4n) is 4.19. The Morgan fingerprint density at radius 3 is 2.76 bits per heavy atom. The maximum Gasteiger partial charge on any atom is 0.140 e. The molecule has 1 aliphatic heterocycles. The summed E-state index contributed by atoms with van der Waals surface area (Å²) in [5, 5.41) is 11.1. The summed E-state index contributed by atoms with van der Waals surface area (Å²) in [6.45, 7) is 3.13. The van der Waals surface area contributed by atoms with Crippen LogP contribution in [0, 0.1) is 5.82 Å². The van der Waals surface area contributed by atoms with Crippen molar-refractivity contribution in [2.75, 3.05) is 24.1 Å². The highest BCUT2D eigenvalue weighted by Crippen LogP contribution is 2.25. The van der Waals surface area contributed by atoms with Crippen LogP contribution in [-0.4, -0.2) is 37.8 Å². The molecule has 4 aromatic rings. The minimum atomic E-state index is -0.245. The molecule has 3 heterocycles. The van der Waals surface area contributed by atoms with Crippen LogP contribution in [0.15, 0.2) is 55.0 Å². The van der Waals surface area contributed by atoms with E-state index in [-0.39, 0.29) is 5.82 Å². The summed E-state index contributed by atoms with van der Waals surface area (Å²) in [5.41, 5.74) is 13.2. The fourth-order valence-corrected chi connectivity index (χ4v) is 4.19. The number of nitrogens with two attached hydrogens (primary N) is 1. The monoisotopic (exact) mass is 446 g/mol. The molecule has 0 amide bonds. The predicted molar refractivity (Wildman–Crippen MR) is 127 cm³/mol. The number of halogens is 1. The quantitative estimate of drug-likeness (QED) is 0.397. The van der Waals surface area contributed by atoms with Crippen LogP contribution in [0.5, 0.6) is 0 Å². The third-order valence-corrected chi connectivity index (χ3v) is 5.94. The third kappa shape index (κ3) is 4.94. The first-order valence-corrected chi connectivity index (χ1v) is 11.2. The summed E-state index contributed by atoms with van der Waals surface area (Å²) in [6, 6.07) is 12.6. The van der Waals surface area contributed by atoms with E-state index in [1.165, 1.54) is 37.7 Å². The lowest BCUT2D eigenvalue weighted by Gasteiger charge is -2.27. The van der Waals surface area contributed by atoms with Gasteiger partial charge >= 0.3 is 0 Å². The fraction of sp³-hybridized carbons (Fsp3) is 0.292. The van der Waals surface area contributed by atoms with Crippen LogP contribution >= 0.6 is 0 Å². The molecule has 8 nitrogen and oxygen atoms in total. The van der Waals surface area contributed by atoms with E-state index in [0.717, 1.165) is 40.8 Å². The van der Waals surface area contributed by atoms with Crippen molar-refractivity contribution in [3.05, 3.63) is 71.9 Å². The Morgan fingerprint density at radius 1 is 1.03 bits per heavy atom. The molecule has 2 aromatic heterocycles. The lowest BCUT2D eigenvalue weighted by atomic mass is 10.2. The van der Waals surface area contributed by atoms with E-state index >= 15 is 0 Å². The maximum absolute atomic E-state index is 13.5. The molecule has 1 fully saturated rings. The van der Waals surface area contributed by atoms with E-state index in [1.54, 1.807) is 6.07 Å². The number of piperidine rings is 1. The Labute approximate surface area is 191 Å². The Kier molecular flexibility index (Phi) is 6.14. The van der Waals surface area contributed by atoms with Crippen molar-refractivity contribution in [3.63, 3.8) is 0 Å². The number of nitrogens with zero attached hydrogens (tertiary/aromatic N) is 5. The van der Waals surface area contributed by atoms with Crippen LogP contribution < -0.4 is 16.5 Å². The number of nitrogen functional groups attached to an aromatic ring is 1. The second-order valence-corrected chi connectivity index (χ2v) is 8.30. The van der Waals surface area contributed by atoms with Gasteiger partial charge in [0.05, 0.1) is 23.8 Å². The summed E-state index contributed by atoms with van der Waals surface area (Å²) >= 11 is 0. The first kappa shape index (κ1) is 21.3. The molecule has 0 saturated carbocycles. The molecule has 5 rings (SSSR count). The van der Waals surface area contributed by atoms with E-state index in [0.29, 0.717) is 24.7 Å². The summed E-state index contributed by atoms with van der Waals surface area (Å²) < 4.78 is 15.4. The smallest absolute Gasteiger partial charge is 0.140 e. The summed E-state index contributed by atoms with van der Waals surface area (Å²) in [5.74, 6) is 0.893. The second kappa shape index (κ2) is 9.51. The topological polar surface area (TPSA) is 96.9 Å². The average molecular weight is 447 g/mol. The standard InChI is InChI=1S/C24H27FN8/c25-19-6-4-5-17(11-19)15-33-22-8-7-20(12-18(22)13-30-33)31-24-21(23(26)27-16-28-24)14-29-32-9-2-1-3-10-32/h4-8,11-13,16,29H,1-3,9-10,14-15H2,(H3,26,27,28,31). The molecule has 0 aliphatic carbocycles. The maximum atomic E-state index is 13.5. The molecule has 33 heavy (non-hydrogen) atoms. The first-order valence-electron chi connectivity index (χ1n) is 11.2. The van der Waals surface area contributed by atoms with E-state index < -0.39 is 0 Å².